The summed E-state index contributed by atoms with van der Waals surface area (Å²) < 4.78 is 2.82. The summed E-state index contributed by atoms with van der Waals surface area (Å²) in [7, 11) is 0. The fourth-order valence-corrected chi connectivity index (χ4v) is 5.16. The molecular formula is C18H19N3OS2. The third kappa shape index (κ3) is 2.78. The molecule has 0 N–H and O–H groups in total. The van der Waals surface area contributed by atoms with Gasteiger partial charge in [-0.15, -0.1) is 10.2 Å². The zero-order valence-electron chi connectivity index (χ0n) is 13.8. The van der Waals surface area contributed by atoms with Crippen LogP contribution < -0.4 is 0 Å². The average Bonchev–Trinajstić information content (AvgIpc) is 3.14. The van der Waals surface area contributed by atoms with Gasteiger partial charge in [-0.25, -0.2) is 0 Å². The highest BCUT2D eigenvalue weighted by atomic mass is 32.2. The van der Waals surface area contributed by atoms with E-state index >= 15 is 0 Å². The summed E-state index contributed by atoms with van der Waals surface area (Å²) in [6.07, 6.45) is 3.21. The molecular weight excluding hydrogens is 338 g/mol. The number of benzene rings is 1. The predicted molar refractivity (Wildman–Crippen MR) is 99.1 cm³/mol. The fourth-order valence-electron chi connectivity index (χ4n) is 3.49. The lowest BCUT2D eigenvalue weighted by Crippen LogP contribution is -2.20. The average molecular weight is 358 g/mol. The summed E-state index contributed by atoms with van der Waals surface area (Å²) in [5.74, 6) is 1.22. The lowest BCUT2D eigenvalue weighted by Gasteiger charge is -2.20. The molecule has 0 saturated carbocycles. The second kappa shape index (κ2) is 6.33. The molecule has 0 unspecified atom stereocenters. The number of hydrogen-bond acceptors (Lipinski definition) is 5. The van der Waals surface area contributed by atoms with Gasteiger partial charge in [0.1, 0.15) is 5.01 Å². The lowest BCUT2D eigenvalue weighted by atomic mass is 9.88. The van der Waals surface area contributed by atoms with Crippen molar-refractivity contribution < 1.29 is 4.79 Å². The molecule has 3 aromatic rings. The third-order valence-corrected chi connectivity index (χ3v) is 6.55. The Hall–Kier alpha value is -1.66. The molecule has 0 amide bonds. The van der Waals surface area contributed by atoms with Crippen LogP contribution in [-0.4, -0.2) is 26.4 Å². The molecule has 0 spiro atoms. The van der Waals surface area contributed by atoms with Crippen LogP contribution in [0.4, 0.5) is 0 Å². The minimum Gasteiger partial charge on any atom is -0.283 e. The molecule has 0 aliphatic heterocycles. The van der Waals surface area contributed by atoms with E-state index in [1.807, 2.05) is 17.6 Å². The molecule has 0 fully saturated rings. The van der Waals surface area contributed by atoms with Gasteiger partial charge in [-0.05, 0) is 43.7 Å². The van der Waals surface area contributed by atoms with E-state index in [0.29, 0.717) is 11.7 Å². The number of carbonyl (C=O) groups excluding carboxylic acids is 1. The number of thioether (sulfide) groups is 1. The number of aromatic nitrogens is 3. The summed E-state index contributed by atoms with van der Waals surface area (Å²) >= 11 is 3.02. The monoisotopic (exact) mass is 357 g/mol. The summed E-state index contributed by atoms with van der Waals surface area (Å²) in [5.41, 5.74) is 3.64. The van der Waals surface area contributed by atoms with Crippen LogP contribution in [0.25, 0.3) is 10.9 Å². The summed E-state index contributed by atoms with van der Waals surface area (Å²) in [5, 5.41) is 10.3. The topological polar surface area (TPSA) is 47.8 Å². The lowest BCUT2D eigenvalue weighted by molar-refractivity contribution is 0.0943. The van der Waals surface area contributed by atoms with E-state index in [2.05, 4.69) is 35.3 Å². The van der Waals surface area contributed by atoms with E-state index in [1.54, 1.807) is 0 Å². The van der Waals surface area contributed by atoms with Crippen molar-refractivity contribution in [3.05, 3.63) is 40.5 Å². The van der Waals surface area contributed by atoms with Crippen molar-refractivity contribution in [2.45, 2.75) is 37.4 Å². The van der Waals surface area contributed by atoms with Crippen molar-refractivity contribution in [3.63, 3.8) is 0 Å². The number of rotatable bonds is 3. The Bertz CT molecular complexity index is 912. The maximum atomic E-state index is 13.0. The second-order valence-electron chi connectivity index (χ2n) is 6.40. The molecule has 0 saturated heterocycles. The van der Waals surface area contributed by atoms with Crippen LogP contribution in [0.15, 0.2) is 28.6 Å². The van der Waals surface area contributed by atoms with Gasteiger partial charge in [-0.1, -0.05) is 48.2 Å². The van der Waals surface area contributed by atoms with Crippen molar-refractivity contribution in [2.75, 3.05) is 5.75 Å². The maximum Gasteiger partial charge on any atom is 0.241 e. The highest BCUT2D eigenvalue weighted by Gasteiger charge is 2.25. The molecule has 2 aromatic heterocycles. The van der Waals surface area contributed by atoms with Crippen molar-refractivity contribution in [3.8, 4) is 0 Å². The Morgan fingerprint density at radius 2 is 2.21 bits per heavy atom. The number of fused-ring (bicyclic) bond motifs is 3. The highest BCUT2D eigenvalue weighted by Crippen LogP contribution is 2.34. The molecule has 1 atom stereocenters. The first kappa shape index (κ1) is 15.8. The van der Waals surface area contributed by atoms with Gasteiger partial charge in [-0.3, -0.25) is 9.36 Å². The van der Waals surface area contributed by atoms with Crippen LogP contribution in [0.1, 0.15) is 34.4 Å². The van der Waals surface area contributed by atoms with Crippen molar-refractivity contribution in [2.24, 2.45) is 5.92 Å². The molecule has 1 aliphatic rings. The number of carbonyl (C=O) groups is 1. The molecule has 4 rings (SSSR count). The van der Waals surface area contributed by atoms with Crippen LogP contribution in [0, 0.1) is 12.8 Å². The summed E-state index contributed by atoms with van der Waals surface area (Å²) in [4.78, 5) is 13.0. The molecule has 0 radical (unpaired) electrons. The van der Waals surface area contributed by atoms with E-state index in [4.69, 9.17) is 0 Å². The largest absolute Gasteiger partial charge is 0.283 e. The minimum atomic E-state index is 0.139. The predicted octanol–water partition coefficient (Wildman–Crippen LogP) is 4.36. The van der Waals surface area contributed by atoms with Crippen LogP contribution in [-0.2, 0) is 12.8 Å². The molecule has 6 heteroatoms. The van der Waals surface area contributed by atoms with Crippen molar-refractivity contribution in [1.29, 1.82) is 0 Å². The molecule has 24 heavy (non-hydrogen) atoms. The van der Waals surface area contributed by atoms with Gasteiger partial charge in [0.25, 0.3) is 0 Å². The van der Waals surface area contributed by atoms with E-state index < -0.39 is 0 Å². The fraction of sp³-hybridized carbons (Fsp3) is 0.389. The van der Waals surface area contributed by atoms with Crippen LogP contribution in [0.3, 0.4) is 0 Å². The Labute approximate surface area is 149 Å². The van der Waals surface area contributed by atoms with Crippen LogP contribution in [0.2, 0.25) is 0 Å². The molecule has 124 valence electrons. The number of hydrogen-bond donors (Lipinski definition) is 0. The molecule has 1 aliphatic carbocycles. The Morgan fingerprint density at radius 1 is 1.38 bits per heavy atom. The Morgan fingerprint density at radius 3 is 3.00 bits per heavy atom. The van der Waals surface area contributed by atoms with E-state index in [-0.39, 0.29) is 5.91 Å². The molecule has 1 aromatic carbocycles. The van der Waals surface area contributed by atoms with Crippen LogP contribution >= 0.6 is 23.1 Å². The first-order valence-electron chi connectivity index (χ1n) is 8.21. The first-order chi connectivity index (χ1) is 11.6. The van der Waals surface area contributed by atoms with Gasteiger partial charge in [0.2, 0.25) is 5.91 Å². The minimum absolute atomic E-state index is 0.139. The second-order valence-corrected chi connectivity index (χ2v) is 8.80. The van der Waals surface area contributed by atoms with Crippen LogP contribution in [0.5, 0.6) is 0 Å². The van der Waals surface area contributed by atoms with Crippen molar-refractivity contribution in [1.82, 2.24) is 14.8 Å². The Balaban J connectivity index is 1.69. The summed E-state index contributed by atoms with van der Waals surface area (Å²) in [6, 6.07) is 8.30. The maximum absolute atomic E-state index is 13.0. The SMILES string of the molecule is Cc1nnc(SCC(=O)n2c3c(c4ccccc42)C[C@H](C)CC3)s1. The van der Waals surface area contributed by atoms with E-state index in [1.165, 1.54) is 39.7 Å². The molecule has 2 heterocycles. The van der Waals surface area contributed by atoms with Gasteiger partial charge in [0.15, 0.2) is 4.34 Å². The molecule has 0 bridgehead atoms. The first-order valence-corrected chi connectivity index (χ1v) is 10.0. The van der Waals surface area contributed by atoms with E-state index in [9.17, 15) is 4.79 Å². The molecule has 4 nitrogen and oxygen atoms in total. The van der Waals surface area contributed by atoms with Gasteiger partial charge < -0.3 is 0 Å². The quantitative estimate of drug-likeness (QED) is 0.654. The van der Waals surface area contributed by atoms with Gasteiger partial charge in [-0.2, -0.15) is 0 Å². The summed E-state index contributed by atoms with van der Waals surface area (Å²) in [6.45, 7) is 4.23. The van der Waals surface area contributed by atoms with Gasteiger partial charge in [0, 0.05) is 11.1 Å². The highest BCUT2D eigenvalue weighted by molar-refractivity contribution is 8.01. The van der Waals surface area contributed by atoms with E-state index in [0.717, 1.165) is 34.1 Å². The zero-order valence-corrected chi connectivity index (χ0v) is 15.4. The number of nitrogens with zero attached hydrogens (tertiary/aromatic N) is 3. The van der Waals surface area contributed by atoms with Crippen molar-refractivity contribution >= 4 is 39.9 Å². The van der Waals surface area contributed by atoms with Gasteiger partial charge in [0.05, 0.1) is 11.3 Å². The van der Waals surface area contributed by atoms with Gasteiger partial charge >= 0.3 is 0 Å². The third-order valence-electron chi connectivity index (χ3n) is 4.59. The normalized spacial score (nSPS) is 17.2. The zero-order chi connectivity index (χ0) is 16.7. The number of aryl methyl sites for hydroxylation is 1. The smallest absolute Gasteiger partial charge is 0.241 e. The Kier molecular flexibility index (Phi) is 4.18. The number of para-hydroxylation sites is 1. The standard InChI is InChI=1S/C18H19N3OS2/c1-11-7-8-16-14(9-11)13-5-3-4-6-15(13)21(16)17(22)10-23-18-20-19-12(2)24-18/h3-6,11H,7-10H2,1-2H3/t11-/m1/s1.